The second-order valence-corrected chi connectivity index (χ2v) is 5.78. The Kier molecular flexibility index (Phi) is 4.86. The van der Waals surface area contributed by atoms with Crippen LogP contribution in [0.25, 0.3) is 0 Å². The number of nitrogens with one attached hydrogen (secondary N) is 1. The van der Waals surface area contributed by atoms with Gasteiger partial charge in [0.1, 0.15) is 22.5 Å². The van der Waals surface area contributed by atoms with Gasteiger partial charge in [-0.15, -0.1) is 0 Å². The number of nitrogens with two attached hydrogens (primary N) is 1. The van der Waals surface area contributed by atoms with E-state index in [0.29, 0.717) is 22.8 Å². The molecule has 3 aromatic rings. The van der Waals surface area contributed by atoms with Gasteiger partial charge >= 0.3 is 0 Å². The van der Waals surface area contributed by atoms with Gasteiger partial charge in [0, 0.05) is 5.69 Å². The molecule has 0 aliphatic heterocycles. The number of ether oxygens (including phenoxy) is 1. The Bertz CT molecular complexity index is 897. The molecule has 0 atom stereocenters. The van der Waals surface area contributed by atoms with Crippen LogP contribution in [0.1, 0.15) is 15.9 Å². The standard InChI is InChI=1S/C19H16ClN3O2/c1-12-11-16(17(20)23-18(12)21)19(24)22-13-7-9-15(10-8-13)25-14-5-3-2-4-6-14/h2-11H,1H3,(H2,21,23)(H,22,24). The van der Waals surface area contributed by atoms with Crippen molar-refractivity contribution in [1.29, 1.82) is 0 Å². The van der Waals surface area contributed by atoms with Crippen LogP contribution in [0.15, 0.2) is 60.7 Å². The third-order valence-electron chi connectivity index (χ3n) is 3.54. The maximum atomic E-state index is 12.4. The van der Waals surface area contributed by atoms with Crippen LogP contribution in [0.2, 0.25) is 5.15 Å². The summed E-state index contributed by atoms with van der Waals surface area (Å²) in [7, 11) is 0. The van der Waals surface area contributed by atoms with E-state index in [0.717, 1.165) is 5.75 Å². The van der Waals surface area contributed by atoms with Crippen molar-refractivity contribution in [3.63, 3.8) is 0 Å². The summed E-state index contributed by atoms with van der Waals surface area (Å²) in [5.74, 6) is 1.38. The molecule has 0 saturated carbocycles. The van der Waals surface area contributed by atoms with Gasteiger partial charge in [-0.2, -0.15) is 0 Å². The molecule has 0 aliphatic rings. The molecule has 1 amide bonds. The molecule has 0 bridgehead atoms. The second kappa shape index (κ2) is 7.23. The van der Waals surface area contributed by atoms with Crippen LogP contribution < -0.4 is 15.8 Å². The van der Waals surface area contributed by atoms with Gasteiger partial charge in [-0.25, -0.2) is 4.98 Å². The first-order chi connectivity index (χ1) is 12.0. The van der Waals surface area contributed by atoms with E-state index in [2.05, 4.69) is 10.3 Å². The third kappa shape index (κ3) is 4.08. The fraction of sp³-hybridized carbons (Fsp3) is 0.0526. The maximum Gasteiger partial charge on any atom is 0.258 e. The average Bonchev–Trinajstić information content (AvgIpc) is 2.60. The molecule has 2 aromatic carbocycles. The number of pyridine rings is 1. The lowest BCUT2D eigenvalue weighted by atomic mass is 10.2. The number of aromatic nitrogens is 1. The van der Waals surface area contributed by atoms with Gasteiger partial charge in [0.2, 0.25) is 0 Å². The average molecular weight is 354 g/mol. The Hall–Kier alpha value is -3.05. The highest BCUT2D eigenvalue weighted by molar-refractivity contribution is 6.33. The van der Waals surface area contributed by atoms with Crippen LogP contribution in [0.4, 0.5) is 11.5 Å². The van der Waals surface area contributed by atoms with Crippen LogP contribution >= 0.6 is 11.6 Å². The number of benzene rings is 2. The fourth-order valence-electron chi connectivity index (χ4n) is 2.19. The van der Waals surface area contributed by atoms with Gasteiger partial charge in [-0.1, -0.05) is 29.8 Å². The minimum absolute atomic E-state index is 0.0737. The molecular weight excluding hydrogens is 338 g/mol. The van der Waals surface area contributed by atoms with Gasteiger partial charge in [-0.3, -0.25) is 4.79 Å². The molecule has 1 aromatic heterocycles. The van der Waals surface area contributed by atoms with Gasteiger partial charge in [0.15, 0.2) is 0 Å². The summed E-state index contributed by atoms with van der Waals surface area (Å²) in [4.78, 5) is 16.3. The Balaban J connectivity index is 1.71. The molecule has 0 fully saturated rings. The van der Waals surface area contributed by atoms with Crippen molar-refractivity contribution < 1.29 is 9.53 Å². The van der Waals surface area contributed by atoms with Crippen molar-refractivity contribution in [3.8, 4) is 11.5 Å². The SMILES string of the molecule is Cc1cc(C(=O)Nc2ccc(Oc3ccccc3)cc2)c(Cl)nc1N. The fourth-order valence-corrected chi connectivity index (χ4v) is 2.42. The lowest BCUT2D eigenvalue weighted by Crippen LogP contribution is -2.14. The summed E-state index contributed by atoms with van der Waals surface area (Å²) >= 11 is 6.01. The molecule has 5 nitrogen and oxygen atoms in total. The predicted molar refractivity (Wildman–Crippen MR) is 99.3 cm³/mol. The van der Waals surface area contributed by atoms with Crippen LogP contribution in [0.5, 0.6) is 11.5 Å². The molecule has 126 valence electrons. The highest BCUT2D eigenvalue weighted by Gasteiger charge is 2.14. The van der Waals surface area contributed by atoms with Gasteiger partial charge in [0.25, 0.3) is 5.91 Å². The van der Waals surface area contributed by atoms with E-state index in [-0.39, 0.29) is 16.6 Å². The summed E-state index contributed by atoms with van der Waals surface area (Å²) in [5, 5.41) is 2.85. The van der Waals surface area contributed by atoms with Crippen LogP contribution in [0, 0.1) is 6.92 Å². The van der Waals surface area contributed by atoms with Gasteiger partial charge in [0.05, 0.1) is 5.56 Å². The summed E-state index contributed by atoms with van der Waals surface area (Å²) in [6.07, 6.45) is 0. The lowest BCUT2D eigenvalue weighted by Gasteiger charge is -2.10. The normalized spacial score (nSPS) is 10.3. The summed E-state index contributed by atoms with van der Waals surface area (Å²) in [5.41, 5.74) is 7.27. The Morgan fingerprint density at radius 1 is 1.08 bits per heavy atom. The zero-order chi connectivity index (χ0) is 17.8. The van der Waals surface area contributed by atoms with E-state index in [1.54, 1.807) is 37.3 Å². The predicted octanol–water partition coefficient (Wildman–Crippen LogP) is 4.67. The van der Waals surface area contributed by atoms with Crippen LogP contribution in [-0.2, 0) is 0 Å². The Morgan fingerprint density at radius 3 is 2.40 bits per heavy atom. The molecule has 0 saturated heterocycles. The zero-order valence-electron chi connectivity index (χ0n) is 13.5. The summed E-state index contributed by atoms with van der Waals surface area (Å²) < 4.78 is 5.71. The van der Waals surface area contributed by atoms with Crippen molar-refractivity contribution in [2.24, 2.45) is 0 Å². The van der Waals surface area contributed by atoms with E-state index < -0.39 is 0 Å². The minimum atomic E-state index is -0.350. The number of para-hydroxylation sites is 1. The molecule has 0 unspecified atom stereocenters. The van der Waals surface area contributed by atoms with Crippen molar-refractivity contribution in [1.82, 2.24) is 4.98 Å². The first-order valence-electron chi connectivity index (χ1n) is 7.60. The summed E-state index contributed by atoms with van der Waals surface area (Å²) in [6, 6.07) is 18.1. The minimum Gasteiger partial charge on any atom is -0.457 e. The van der Waals surface area contributed by atoms with Crippen molar-refractivity contribution in [2.75, 3.05) is 11.1 Å². The van der Waals surface area contributed by atoms with E-state index in [1.165, 1.54) is 0 Å². The Morgan fingerprint density at radius 2 is 1.72 bits per heavy atom. The molecule has 6 heteroatoms. The first-order valence-corrected chi connectivity index (χ1v) is 7.97. The number of anilines is 2. The molecule has 0 aliphatic carbocycles. The van der Waals surface area contributed by atoms with E-state index in [9.17, 15) is 4.79 Å². The van der Waals surface area contributed by atoms with Crippen LogP contribution in [0.3, 0.4) is 0 Å². The topological polar surface area (TPSA) is 77.2 Å². The zero-order valence-corrected chi connectivity index (χ0v) is 14.2. The third-order valence-corrected chi connectivity index (χ3v) is 3.83. The van der Waals surface area contributed by atoms with Crippen LogP contribution in [-0.4, -0.2) is 10.9 Å². The molecule has 0 radical (unpaired) electrons. The number of amides is 1. The van der Waals surface area contributed by atoms with E-state index in [4.69, 9.17) is 22.1 Å². The maximum absolute atomic E-state index is 12.4. The molecule has 0 spiro atoms. The Labute approximate surface area is 150 Å². The number of aryl methyl sites for hydroxylation is 1. The number of nitrogen functional groups attached to an aromatic ring is 1. The summed E-state index contributed by atoms with van der Waals surface area (Å²) in [6.45, 7) is 1.77. The van der Waals surface area contributed by atoms with Gasteiger partial charge < -0.3 is 15.8 Å². The molecular formula is C19H16ClN3O2. The highest BCUT2D eigenvalue weighted by atomic mass is 35.5. The second-order valence-electron chi connectivity index (χ2n) is 5.42. The number of rotatable bonds is 4. The number of carbonyl (C=O) groups excluding carboxylic acids is 1. The number of nitrogens with zero attached hydrogens (tertiary/aromatic N) is 1. The molecule has 3 N–H and O–H groups in total. The molecule has 1 heterocycles. The quantitative estimate of drug-likeness (QED) is 0.668. The number of carbonyl (C=O) groups is 1. The number of halogens is 1. The number of hydrogen-bond donors (Lipinski definition) is 2. The smallest absolute Gasteiger partial charge is 0.258 e. The first kappa shape index (κ1) is 16.8. The van der Waals surface area contributed by atoms with Crippen molar-refractivity contribution in [3.05, 3.63) is 76.9 Å². The van der Waals surface area contributed by atoms with Crippen molar-refractivity contribution in [2.45, 2.75) is 6.92 Å². The van der Waals surface area contributed by atoms with Crippen molar-refractivity contribution >= 4 is 29.0 Å². The van der Waals surface area contributed by atoms with E-state index in [1.807, 2.05) is 30.3 Å². The molecule has 3 rings (SSSR count). The largest absolute Gasteiger partial charge is 0.457 e. The lowest BCUT2D eigenvalue weighted by molar-refractivity contribution is 0.102. The monoisotopic (exact) mass is 353 g/mol. The van der Waals surface area contributed by atoms with Gasteiger partial charge in [-0.05, 0) is 55.0 Å². The van der Waals surface area contributed by atoms with E-state index >= 15 is 0 Å². The highest BCUT2D eigenvalue weighted by Crippen LogP contribution is 2.24. The number of hydrogen-bond acceptors (Lipinski definition) is 4. The molecule has 25 heavy (non-hydrogen) atoms.